The molecule has 0 aromatic carbocycles. The van der Waals surface area contributed by atoms with Crippen LogP contribution >= 0.6 is 11.3 Å². The number of aromatic nitrogens is 2. The average molecular weight is 341 g/mol. The molecule has 0 aliphatic rings. The number of carbonyl (C=O) groups is 1. The van der Waals surface area contributed by atoms with Crippen LogP contribution < -0.4 is 5.32 Å². The van der Waals surface area contributed by atoms with Crippen LogP contribution in [0, 0.1) is 0 Å². The van der Waals surface area contributed by atoms with Gasteiger partial charge < -0.3 is 9.84 Å². The number of thiophene rings is 1. The Balaban J connectivity index is 1.83. The van der Waals surface area contributed by atoms with Gasteiger partial charge in [0.2, 0.25) is 11.8 Å². The second-order valence-electron chi connectivity index (χ2n) is 4.82. The van der Waals surface area contributed by atoms with E-state index in [9.17, 15) is 9.00 Å². The Morgan fingerprint density at radius 2 is 2.36 bits per heavy atom. The van der Waals surface area contributed by atoms with Gasteiger partial charge in [-0.3, -0.25) is 9.00 Å². The van der Waals surface area contributed by atoms with E-state index >= 15 is 0 Å². The van der Waals surface area contributed by atoms with Gasteiger partial charge in [0.05, 0.1) is 12.3 Å². The van der Waals surface area contributed by atoms with Gasteiger partial charge in [-0.05, 0) is 24.8 Å². The van der Waals surface area contributed by atoms with E-state index in [2.05, 4.69) is 15.5 Å². The molecule has 120 valence electrons. The minimum Gasteiger partial charge on any atom is -0.350 e. The lowest BCUT2D eigenvalue weighted by Crippen LogP contribution is -2.35. The highest BCUT2D eigenvalue weighted by molar-refractivity contribution is 7.85. The molecule has 8 heteroatoms. The Hall–Kier alpha value is -1.54. The molecule has 2 atom stereocenters. The van der Waals surface area contributed by atoms with Crippen molar-refractivity contribution in [2.75, 3.05) is 0 Å². The highest BCUT2D eigenvalue weighted by Gasteiger charge is 2.22. The van der Waals surface area contributed by atoms with Crippen molar-refractivity contribution in [2.24, 2.45) is 0 Å². The minimum absolute atomic E-state index is 0.126. The summed E-state index contributed by atoms with van der Waals surface area (Å²) in [4.78, 5) is 17.2. The fourth-order valence-electron chi connectivity index (χ4n) is 1.77. The van der Waals surface area contributed by atoms with Crippen LogP contribution in [0.3, 0.4) is 0 Å². The molecule has 2 aromatic rings. The van der Waals surface area contributed by atoms with Crippen molar-refractivity contribution >= 4 is 28.0 Å². The zero-order valence-electron chi connectivity index (χ0n) is 12.6. The second-order valence-corrected chi connectivity index (χ2v) is 7.61. The molecule has 0 saturated heterocycles. The predicted octanol–water partition coefficient (Wildman–Crippen LogP) is 2.04. The molecule has 0 spiro atoms. The fraction of sp³-hybridized carbons (Fsp3) is 0.500. The van der Waals surface area contributed by atoms with Gasteiger partial charge in [-0.2, -0.15) is 4.98 Å². The molecular weight excluding hydrogens is 322 g/mol. The van der Waals surface area contributed by atoms with Crippen molar-refractivity contribution in [1.29, 1.82) is 0 Å². The molecule has 6 nitrogen and oxygen atoms in total. The van der Waals surface area contributed by atoms with Crippen molar-refractivity contribution in [3.05, 3.63) is 34.1 Å². The summed E-state index contributed by atoms with van der Waals surface area (Å²) in [5.41, 5.74) is 0. The van der Waals surface area contributed by atoms with Crippen LogP contribution in [0.5, 0.6) is 0 Å². The standard InChI is InChI=1S/C14H19N3O3S2/c1-3-5-13-16-12(17-20-13)9-22(19)10(2)14(18)15-8-11-6-4-7-21-11/h4,6-7,10H,3,5,8-9H2,1-2H3,(H,15,18)/t10-,22+/m0/s1. The lowest BCUT2D eigenvalue weighted by atomic mass is 10.3. The molecule has 0 saturated carbocycles. The minimum atomic E-state index is -1.38. The molecule has 1 N–H and O–H groups in total. The van der Waals surface area contributed by atoms with Crippen LogP contribution in [0.2, 0.25) is 0 Å². The number of hydrogen-bond acceptors (Lipinski definition) is 6. The summed E-state index contributed by atoms with van der Waals surface area (Å²) in [6, 6.07) is 3.87. The summed E-state index contributed by atoms with van der Waals surface area (Å²) < 4.78 is 17.3. The normalized spacial score (nSPS) is 13.7. The van der Waals surface area contributed by atoms with Gasteiger partial charge in [0.15, 0.2) is 5.82 Å². The Morgan fingerprint density at radius 1 is 1.55 bits per heavy atom. The highest BCUT2D eigenvalue weighted by Crippen LogP contribution is 2.09. The summed E-state index contributed by atoms with van der Waals surface area (Å²) in [6.07, 6.45) is 1.61. The van der Waals surface area contributed by atoms with E-state index < -0.39 is 16.0 Å². The lowest BCUT2D eigenvalue weighted by Gasteiger charge is -2.10. The third-order valence-corrected chi connectivity index (χ3v) is 5.45. The number of nitrogens with zero attached hydrogens (tertiary/aromatic N) is 2. The Kier molecular flexibility index (Phi) is 6.26. The van der Waals surface area contributed by atoms with Gasteiger partial charge in [0.1, 0.15) is 5.25 Å². The average Bonchev–Trinajstić information content (AvgIpc) is 3.16. The monoisotopic (exact) mass is 341 g/mol. The number of rotatable bonds is 8. The molecule has 0 unspecified atom stereocenters. The molecule has 2 heterocycles. The van der Waals surface area contributed by atoms with Gasteiger partial charge in [-0.15, -0.1) is 11.3 Å². The first-order valence-electron chi connectivity index (χ1n) is 7.09. The van der Waals surface area contributed by atoms with Crippen molar-refractivity contribution in [2.45, 2.75) is 44.2 Å². The summed E-state index contributed by atoms with van der Waals surface area (Å²) in [6.45, 7) is 4.12. The van der Waals surface area contributed by atoms with E-state index in [1.54, 1.807) is 18.3 Å². The predicted molar refractivity (Wildman–Crippen MR) is 85.8 cm³/mol. The Bertz CT molecular complexity index is 625. The molecule has 2 aromatic heterocycles. The number of hydrogen-bond donors (Lipinski definition) is 1. The number of amides is 1. The number of aryl methyl sites for hydroxylation is 1. The van der Waals surface area contributed by atoms with Crippen molar-refractivity contribution < 1.29 is 13.5 Å². The van der Waals surface area contributed by atoms with Gasteiger partial charge in [0, 0.05) is 22.1 Å². The molecule has 0 bridgehead atoms. The number of carbonyl (C=O) groups excluding carboxylic acids is 1. The molecule has 1 amide bonds. The van der Waals surface area contributed by atoms with E-state index in [1.807, 2.05) is 24.4 Å². The maximum atomic E-state index is 12.2. The van der Waals surface area contributed by atoms with Crippen LogP contribution in [-0.2, 0) is 34.3 Å². The SMILES string of the molecule is CCCc1nc(C[S@@](=O)[C@@H](C)C(=O)NCc2cccs2)no1. The molecular formula is C14H19N3O3S2. The third kappa shape index (κ3) is 4.74. The first-order chi connectivity index (χ1) is 10.6. The largest absolute Gasteiger partial charge is 0.350 e. The zero-order valence-corrected chi connectivity index (χ0v) is 14.2. The summed E-state index contributed by atoms with van der Waals surface area (Å²) in [5, 5.41) is 7.92. The smallest absolute Gasteiger partial charge is 0.235 e. The molecule has 0 fully saturated rings. The summed E-state index contributed by atoms with van der Waals surface area (Å²) in [7, 11) is -1.38. The lowest BCUT2D eigenvalue weighted by molar-refractivity contribution is -0.120. The molecule has 0 aliphatic heterocycles. The maximum absolute atomic E-state index is 12.2. The van der Waals surface area contributed by atoms with E-state index in [4.69, 9.17) is 4.52 Å². The maximum Gasteiger partial charge on any atom is 0.235 e. The van der Waals surface area contributed by atoms with Gasteiger partial charge >= 0.3 is 0 Å². The highest BCUT2D eigenvalue weighted by atomic mass is 32.2. The van der Waals surface area contributed by atoms with Crippen LogP contribution in [0.4, 0.5) is 0 Å². The second kappa shape index (κ2) is 8.19. The molecule has 2 rings (SSSR count). The van der Waals surface area contributed by atoms with Gasteiger partial charge in [-0.25, -0.2) is 0 Å². The van der Waals surface area contributed by atoms with Crippen molar-refractivity contribution in [3.63, 3.8) is 0 Å². The first kappa shape index (κ1) is 16.8. The summed E-state index contributed by atoms with van der Waals surface area (Å²) >= 11 is 1.57. The van der Waals surface area contributed by atoms with Crippen LogP contribution in [0.1, 0.15) is 36.9 Å². The Labute approximate surface area is 135 Å². The van der Waals surface area contributed by atoms with Gasteiger partial charge in [-0.1, -0.05) is 18.1 Å². The van der Waals surface area contributed by atoms with Crippen LogP contribution in [0.25, 0.3) is 0 Å². The molecule has 22 heavy (non-hydrogen) atoms. The van der Waals surface area contributed by atoms with Gasteiger partial charge in [0.25, 0.3) is 0 Å². The van der Waals surface area contributed by atoms with E-state index in [0.717, 1.165) is 11.3 Å². The third-order valence-electron chi connectivity index (χ3n) is 3.03. The quantitative estimate of drug-likeness (QED) is 0.794. The Morgan fingerprint density at radius 3 is 3.05 bits per heavy atom. The van der Waals surface area contributed by atoms with E-state index in [-0.39, 0.29) is 11.7 Å². The van der Waals surface area contributed by atoms with Crippen LogP contribution in [0.15, 0.2) is 22.0 Å². The van der Waals surface area contributed by atoms with Crippen LogP contribution in [-0.4, -0.2) is 25.5 Å². The fourth-order valence-corrected chi connectivity index (χ4v) is 3.36. The van der Waals surface area contributed by atoms with Crippen molar-refractivity contribution in [3.8, 4) is 0 Å². The molecule has 0 aliphatic carbocycles. The zero-order chi connectivity index (χ0) is 15.9. The van der Waals surface area contributed by atoms with E-state index in [0.29, 0.717) is 24.7 Å². The number of nitrogens with one attached hydrogen (secondary N) is 1. The van der Waals surface area contributed by atoms with Crippen molar-refractivity contribution in [1.82, 2.24) is 15.5 Å². The topological polar surface area (TPSA) is 85.1 Å². The summed E-state index contributed by atoms with van der Waals surface area (Å²) in [5.74, 6) is 0.828. The van der Waals surface area contributed by atoms with E-state index in [1.165, 1.54) is 0 Å². The first-order valence-corrected chi connectivity index (χ1v) is 9.35. The molecule has 0 radical (unpaired) electrons.